The molecule has 1 aromatic rings. The minimum atomic E-state index is -3.14. The molecule has 0 radical (unpaired) electrons. The minimum Gasteiger partial charge on any atom is -0.492 e. The van der Waals surface area contributed by atoms with Crippen LogP contribution in [0.15, 0.2) is 29.4 Å². The normalized spacial score (nSPS) is 21.4. The Hall–Kier alpha value is -2.42. The summed E-state index contributed by atoms with van der Waals surface area (Å²) in [5.74, 6) is 0.191. The molecule has 2 aliphatic heterocycles. The third kappa shape index (κ3) is 4.89. The van der Waals surface area contributed by atoms with Gasteiger partial charge in [-0.25, -0.2) is 13.4 Å². The van der Waals surface area contributed by atoms with Crippen LogP contribution < -0.4 is 4.74 Å². The summed E-state index contributed by atoms with van der Waals surface area (Å²) in [7, 11) is -1.48. The standard InChI is InChI=1S/C19H25N3O5S/c1-14-3-5-16(6-4-14)27-11-10-21(2)19(24)17-7-8-18(23)22(20-17)15-9-12-28(25,26)13-15/h3-6,15H,7-13H2,1-2H3. The average Bonchev–Trinajstić information content (AvgIpc) is 3.02. The van der Waals surface area contributed by atoms with Gasteiger partial charge < -0.3 is 9.64 Å². The molecule has 1 atom stereocenters. The number of benzene rings is 1. The number of ether oxygens (including phenoxy) is 1. The zero-order chi connectivity index (χ0) is 20.3. The molecule has 1 fully saturated rings. The third-order valence-electron chi connectivity index (χ3n) is 4.92. The molecule has 3 rings (SSSR count). The van der Waals surface area contributed by atoms with Gasteiger partial charge in [-0.1, -0.05) is 17.7 Å². The molecule has 1 aromatic carbocycles. The smallest absolute Gasteiger partial charge is 0.269 e. The maximum absolute atomic E-state index is 12.7. The van der Waals surface area contributed by atoms with Crippen LogP contribution in [0.4, 0.5) is 0 Å². The van der Waals surface area contributed by atoms with Crippen LogP contribution in [0, 0.1) is 6.92 Å². The van der Waals surface area contributed by atoms with E-state index in [9.17, 15) is 18.0 Å². The topological polar surface area (TPSA) is 96.3 Å². The molecule has 9 heteroatoms. The molecule has 0 aliphatic carbocycles. The van der Waals surface area contributed by atoms with Crippen LogP contribution >= 0.6 is 0 Å². The Morgan fingerprint density at radius 3 is 2.64 bits per heavy atom. The van der Waals surface area contributed by atoms with Crippen molar-refractivity contribution in [2.45, 2.75) is 32.2 Å². The van der Waals surface area contributed by atoms with Crippen LogP contribution in [0.1, 0.15) is 24.8 Å². The highest BCUT2D eigenvalue weighted by atomic mass is 32.2. The number of rotatable bonds is 6. The molecule has 1 saturated heterocycles. The van der Waals surface area contributed by atoms with E-state index in [0.29, 0.717) is 19.6 Å². The van der Waals surface area contributed by atoms with Gasteiger partial charge in [0.2, 0.25) is 5.91 Å². The lowest BCUT2D eigenvalue weighted by Crippen LogP contribution is -2.44. The van der Waals surface area contributed by atoms with Crippen LogP contribution in [-0.4, -0.2) is 73.6 Å². The molecular formula is C19H25N3O5S. The van der Waals surface area contributed by atoms with Crippen LogP contribution in [0.5, 0.6) is 5.75 Å². The summed E-state index contributed by atoms with van der Waals surface area (Å²) in [6.45, 7) is 2.70. The second-order valence-corrected chi connectivity index (χ2v) is 9.46. The molecular weight excluding hydrogens is 382 g/mol. The molecule has 2 heterocycles. The third-order valence-corrected chi connectivity index (χ3v) is 6.67. The second kappa shape index (κ2) is 8.30. The van der Waals surface area contributed by atoms with Crippen molar-refractivity contribution in [3.63, 3.8) is 0 Å². The summed E-state index contributed by atoms with van der Waals surface area (Å²) in [5.41, 5.74) is 1.42. The first kappa shape index (κ1) is 20.3. The Kier molecular flexibility index (Phi) is 6.02. The van der Waals surface area contributed by atoms with Crippen LogP contribution in [-0.2, 0) is 19.4 Å². The van der Waals surface area contributed by atoms with Crippen molar-refractivity contribution >= 4 is 27.4 Å². The Balaban J connectivity index is 1.58. The van der Waals surface area contributed by atoms with Gasteiger partial charge in [-0.2, -0.15) is 5.10 Å². The quantitative estimate of drug-likeness (QED) is 0.701. The average molecular weight is 407 g/mol. The maximum atomic E-state index is 12.7. The molecule has 0 aromatic heterocycles. The van der Waals surface area contributed by atoms with Gasteiger partial charge in [0.1, 0.15) is 18.1 Å². The van der Waals surface area contributed by atoms with Crippen LogP contribution in [0.3, 0.4) is 0 Å². The largest absolute Gasteiger partial charge is 0.492 e. The van der Waals surface area contributed by atoms with Crippen molar-refractivity contribution in [1.82, 2.24) is 9.91 Å². The zero-order valence-electron chi connectivity index (χ0n) is 16.1. The van der Waals surface area contributed by atoms with Gasteiger partial charge in [-0.15, -0.1) is 0 Å². The Labute approximate surface area is 165 Å². The lowest BCUT2D eigenvalue weighted by molar-refractivity contribution is -0.134. The summed E-state index contributed by atoms with van der Waals surface area (Å²) in [4.78, 5) is 26.3. The molecule has 0 saturated carbocycles. The van der Waals surface area contributed by atoms with E-state index in [4.69, 9.17) is 4.74 Å². The van der Waals surface area contributed by atoms with Crippen molar-refractivity contribution in [1.29, 1.82) is 0 Å². The number of nitrogens with zero attached hydrogens (tertiary/aromatic N) is 3. The summed E-state index contributed by atoms with van der Waals surface area (Å²) in [5, 5.41) is 5.42. The number of hydrogen-bond acceptors (Lipinski definition) is 6. The first-order valence-electron chi connectivity index (χ1n) is 9.30. The number of hydrogen-bond donors (Lipinski definition) is 0. The van der Waals surface area contributed by atoms with E-state index >= 15 is 0 Å². The Morgan fingerprint density at radius 2 is 2.00 bits per heavy atom. The van der Waals surface area contributed by atoms with Gasteiger partial charge in [0, 0.05) is 19.9 Å². The van der Waals surface area contributed by atoms with Crippen molar-refractivity contribution in [2.24, 2.45) is 5.10 Å². The number of likely N-dealkylation sites (N-methyl/N-ethyl adjacent to an activating group) is 1. The van der Waals surface area contributed by atoms with Gasteiger partial charge >= 0.3 is 0 Å². The van der Waals surface area contributed by atoms with Crippen molar-refractivity contribution in [2.75, 3.05) is 31.7 Å². The molecule has 1 unspecified atom stereocenters. The molecule has 0 bridgehead atoms. The predicted molar refractivity (Wildman–Crippen MR) is 105 cm³/mol. The number of hydrazone groups is 1. The lowest BCUT2D eigenvalue weighted by atomic mass is 10.1. The van der Waals surface area contributed by atoms with Gasteiger partial charge in [0.15, 0.2) is 9.84 Å². The van der Waals surface area contributed by atoms with Gasteiger partial charge in [0.05, 0.1) is 24.1 Å². The highest BCUT2D eigenvalue weighted by molar-refractivity contribution is 7.91. The number of aryl methyl sites for hydroxylation is 1. The summed E-state index contributed by atoms with van der Waals surface area (Å²) in [6.07, 6.45) is 0.783. The van der Waals surface area contributed by atoms with Crippen molar-refractivity contribution in [3.05, 3.63) is 29.8 Å². The zero-order valence-corrected chi connectivity index (χ0v) is 16.9. The summed E-state index contributed by atoms with van der Waals surface area (Å²) >= 11 is 0. The molecule has 28 heavy (non-hydrogen) atoms. The lowest BCUT2D eigenvalue weighted by Gasteiger charge is -2.28. The molecule has 0 spiro atoms. The first-order valence-corrected chi connectivity index (χ1v) is 11.1. The highest BCUT2D eigenvalue weighted by Crippen LogP contribution is 2.22. The van der Waals surface area contributed by atoms with E-state index in [2.05, 4.69) is 5.10 Å². The molecule has 2 amide bonds. The molecule has 2 aliphatic rings. The summed E-state index contributed by atoms with van der Waals surface area (Å²) < 4.78 is 29.0. The van der Waals surface area contributed by atoms with E-state index < -0.39 is 15.9 Å². The fourth-order valence-electron chi connectivity index (χ4n) is 3.24. The highest BCUT2D eigenvalue weighted by Gasteiger charge is 2.37. The van der Waals surface area contributed by atoms with Gasteiger partial charge in [-0.3, -0.25) is 9.59 Å². The first-order chi connectivity index (χ1) is 13.2. The second-order valence-electron chi connectivity index (χ2n) is 7.23. The van der Waals surface area contributed by atoms with Crippen LogP contribution in [0.2, 0.25) is 0 Å². The van der Waals surface area contributed by atoms with Gasteiger partial charge in [-0.05, 0) is 25.5 Å². The number of carbonyl (C=O) groups is 2. The molecule has 0 N–H and O–H groups in total. The number of carbonyl (C=O) groups excluding carboxylic acids is 2. The van der Waals surface area contributed by atoms with E-state index in [1.54, 1.807) is 7.05 Å². The van der Waals surface area contributed by atoms with E-state index in [0.717, 1.165) is 11.3 Å². The number of amides is 2. The number of sulfone groups is 1. The van der Waals surface area contributed by atoms with Crippen molar-refractivity contribution < 1.29 is 22.7 Å². The maximum Gasteiger partial charge on any atom is 0.269 e. The van der Waals surface area contributed by atoms with E-state index in [1.807, 2.05) is 31.2 Å². The SMILES string of the molecule is Cc1ccc(OCCN(C)C(=O)C2=NN(C3CCS(=O)(=O)C3)C(=O)CC2)cc1. The fraction of sp³-hybridized carbons (Fsp3) is 0.526. The van der Waals surface area contributed by atoms with Crippen molar-refractivity contribution in [3.8, 4) is 5.75 Å². The molecule has 152 valence electrons. The fourth-order valence-corrected chi connectivity index (χ4v) is 4.93. The predicted octanol–water partition coefficient (Wildman–Crippen LogP) is 0.998. The minimum absolute atomic E-state index is 0.0521. The van der Waals surface area contributed by atoms with E-state index in [-0.39, 0.29) is 41.9 Å². The molecule has 8 nitrogen and oxygen atoms in total. The van der Waals surface area contributed by atoms with Crippen LogP contribution in [0.25, 0.3) is 0 Å². The summed E-state index contributed by atoms with van der Waals surface area (Å²) in [6, 6.07) is 7.19. The monoisotopic (exact) mass is 407 g/mol. The Morgan fingerprint density at radius 1 is 1.29 bits per heavy atom. The van der Waals surface area contributed by atoms with Gasteiger partial charge in [0.25, 0.3) is 5.91 Å². The Bertz CT molecular complexity index is 879. The van der Waals surface area contributed by atoms with E-state index in [1.165, 1.54) is 9.91 Å².